The maximum atomic E-state index is 15.7. The van der Waals surface area contributed by atoms with Gasteiger partial charge in [0.25, 0.3) is 0 Å². The second kappa shape index (κ2) is 14.0. The lowest BCUT2D eigenvalue weighted by Crippen LogP contribution is -2.25. The first-order chi connectivity index (χ1) is 18.1. The number of carboxylic acids is 1. The van der Waals surface area contributed by atoms with E-state index in [9.17, 15) is 17.6 Å². The summed E-state index contributed by atoms with van der Waals surface area (Å²) in [5, 5.41) is 17.1. The Morgan fingerprint density at radius 1 is 0.947 bits per heavy atom. The van der Waals surface area contributed by atoms with E-state index in [0.29, 0.717) is 37.4 Å². The zero-order valence-electron chi connectivity index (χ0n) is 21.0. The summed E-state index contributed by atoms with van der Waals surface area (Å²) in [4.78, 5) is 9.17. The highest BCUT2D eigenvalue weighted by molar-refractivity contribution is 7.99. The van der Waals surface area contributed by atoms with Crippen molar-refractivity contribution in [1.82, 2.24) is 0 Å². The Balaban J connectivity index is 1.87. The van der Waals surface area contributed by atoms with Crippen LogP contribution in [0.3, 0.4) is 0 Å². The van der Waals surface area contributed by atoms with E-state index in [4.69, 9.17) is 10.2 Å². The molecule has 6 nitrogen and oxygen atoms in total. The van der Waals surface area contributed by atoms with E-state index in [1.807, 2.05) is 6.08 Å². The molecule has 0 unspecified atom stereocenters. The van der Waals surface area contributed by atoms with E-state index in [1.165, 1.54) is 12.1 Å². The van der Waals surface area contributed by atoms with E-state index in [1.54, 1.807) is 12.1 Å². The number of thioether (sulfide) groups is 1. The summed E-state index contributed by atoms with van der Waals surface area (Å²) in [6.45, 7) is 0. The lowest BCUT2D eigenvalue weighted by molar-refractivity contribution is 0.0697. The van der Waals surface area contributed by atoms with Gasteiger partial charge in [0.05, 0.1) is 16.1 Å². The first-order valence-corrected chi connectivity index (χ1v) is 15.2. The molecule has 0 radical (unpaired) electrons. The quantitative estimate of drug-likeness (QED) is 0.186. The molecule has 2 aromatic carbocycles. The molecule has 3 rings (SSSR count). The third kappa shape index (κ3) is 8.25. The predicted molar refractivity (Wildman–Crippen MR) is 144 cm³/mol. The van der Waals surface area contributed by atoms with Crippen LogP contribution >= 0.6 is 11.8 Å². The van der Waals surface area contributed by atoms with E-state index < -0.39 is 48.9 Å². The number of benzene rings is 2. The molecule has 0 spiro atoms. The average Bonchev–Trinajstić information content (AvgIpc) is 2.85. The monoisotopic (exact) mass is 570 g/mol. The van der Waals surface area contributed by atoms with Gasteiger partial charge in [0.15, 0.2) is 17.5 Å². The van der Waals surface area contributed by atoms with Gasteiger partial charge < -0.3 is 10.4 Å². The molecule has 0 saturated carbocycles. The minimum atomic E-state index is -4.78. The van der Waals surface area contributed by atoms with Crippen molar-refractivity contribution < 1.29 is 31.5 Å². The third-order valence-corrected chi connectivity index (χ3v) is 8.49. The fraction of sp³-hybridized carbons (Fsp3) is 0.444. The first-order valence-electron chi connectivity index (χ1n) is 12.7. The summed E-state index contributed by atoms with van der Waals surface area (Å²) < 4.78 is 70.1. The maximum absolute atomic E-state index is 15.7. The summed E-state index contributed by atoms with van der Waals surface area (Å²) in [7, 11) is -4.78. The van der Waals surface area contributed by atoms with Crippen LogP contribution in [0.5, 0.6) is 0 Å². The maximum Gasteiger partial charge on any atom is 0.335 e. The van der Waals surface area contributed by atoms with Crippen molar-refractivity contribution in [2.75, 3.05) is 11.1 Å². The van der Waals surface area contributed by atoms with Crippen molar-refractivity contribution in [2.24, 2.45) is 5.14 Å². The van der Waals surface area contributed by atoms with Crippen LogP contribution in [-0.2, 0) is 16.4 Å². The van der Waals surface area contributed by atoms with Crippen LogP contribution < -0.4 is 10.5 Å². The molecule has 2 aromatic rings. The summed E-state index contributed by atoms with van der Waals surface area (Å²) in [6.07, 6.45) is 12.4. The van der Waals surface area contributed by atoms with Gasteiger partial charge in [0.1, 0.15) is 4.90 Å². The molecule has 11 heteroatoms. The fourth-order valence-electron chi connectivity index (χ4n) is 4.44. The number of nitrogens with one attached hydrogen (secondary N) is 1. The average molecular weight is 571 g/mol. The molecule has 0 amide bonds. The van der Waals surface area contributed by atoms with Gasteiger partial charge in [-0.2, -0.15) is 0 Å². The van der Waals surface area contributed by atoms with Crippen molar-refractivity contribution in [2.45, 2.75) is 80.0 Å². The summed E-state index contributed by atoms with van der Waals surface area (Å²) in [5.41, 5.74) is 0.197. The molecule has 0 heterocycles. The van der Waals surface area contributed by atoms with E-state index in [-0.39, 0.29) is 17.4 Å². The van der Waals surface area contributed by atoms with Crippen LogP contribution in [-0.4, -0.2) is 31.3 Å². The second-order valence-electron chi connectivity index (χ2n) is 9.36. The van der Waals surface area contributed by atoms with Crippen LogP contribution in [0.1, 0.15) is 73.7 Å². The highest BCUT2D eigenvalue weighted by atomic mass is 32.2. The summed E-state index contributed by atoms with van der Waals surface area (Å²) in [5.74, 6) is -5.44. The number of hydrogen-bond acceptors (Lipinski definition) is 5. The number of allylic oxidation sites excluding steroid dienone is 2. The van der Waals surface area contributed by atoms with Gasteiger partial charge in [-0.05, 0) is 56.2 Å². The number of nitrogens with two attached hydrogens (primary N) is 1. The number of aryl methyl sites for hydroxylation is 1. The third-order valence-electron chi connectivity index (χ3n) is 6.48. The molecule has 0 aliphatic heterocycles. The summed E-state index contributed by atoms with van der Waals surface area (Å²) >= 11 is 0.714. The molecule has 1 atom stereocenters. The molecular formula is C27H33F3N2O4S2. The van der Waals surface area contributed by atoms with Gasteiger partial charge in [0, 0.05) is 11.8 Å². The highest BCUT2D eigenvalue weighted by Crippen LogP contribution is 2.38. The van der Waals surface area contributed by atoms with Crippen molar-refractivity contribution in [1.29, 1.82) is 0 Å². The van der Waals surface area contributed by atoms with Gasteiger partial charge >= 0.3 is 5.97 Å². The van der Waals surface area contributed by atoms with Crippen LogP contribution in [0.2, 0.25) is 0 Å². The Morgan fingerprint density at radius 3 is 2.29 bits per heavy atom. The topological polar surface area (TPSA) is 109 Å². The minimum Gasteiger partial charge on any atom is -0.478 e. The molecule has 1 aliphatic carbocycles. The molecular weight excluding hydrogens is 537 g/mol. The van der Waals surface area contributed by atoms with Gasteiger partial charge in [-0.25, -0.2) is 31.5 Å². The predicted octanol–water partition coefficient (Wildman–Crippen LogP) is 6.65. The number of sulfonamides is 1. The van der Waals surface area contributed by atoms with Crippen molar-refractivity contribution >= 4 is 33.4 Å². The van der Waals surface area contributed by atoms with Crippen LogP contribution in [0, 0.1) is 17.5 Å². The Kier molecular flexibility index (Phi) is 11.1. The van der Waals surface area contributed by atoms with Crippen molar-refractivity contribution in [3.63, 3.8) is 0 Å². The van der Waals surface area contributed by atoms with Crippen LogP contribution in [0.15, 0.2) is 46.2 Å². The molecule has 0 aromatic heterocycles. The first kappa shape index (κ1) is 30.0. The molecule has 0 saturated heterocycles. The Hall–Kier alpha value is -2.50. The molecule has 208 valence electrons. The SMILES string of the molecule is NS(=O)(=O)c1c(F)c(F)c(SCCc2ccc(C(=O)O)cc2)c(F)c1N[C@@H]1CC/C=C\CCCCCCC1. The van der Waals surface area contributed by atoms with Crippen molar-refractivity contribution in [3.8, 4) is 0 Å². The molecule has 38 heavy (non-hydrogen) atoms. The number of rotatable bonds is 8. The Labute approximate surface area is 225 Å². The zero-order valence-corrected chi connectivity index (χ0v) is 22.7. The lowest BCUT2D eigenvalue weighted by atomic mass is 10.00. The molecule has 0 fully saturated rings. The number of anilines is 1. The molecule has 0 bridgehead atoms. The number of halogens is 3. The van der Waals surface area contributed by atoms with Crippen LogP contribution in [0.4, 0.5) is 18.9 Å². The van der Waals surface area contributed by atoms with E-state index in [0.717, 1.165) is 44.1 Å². The molecule has 4 N–H and O–H groups in total. The van der Waals surface area contributed by atoms with Gasteiger partial charge in [-0.1, -0.05) is 50.0 Å². The molecule has 1 aliphatic rings. The summed E-state index contributed by atoms with van der Waals surface area (Å²) in [6, 6.07) is 5.66. The normalized spacial score (nSPS) is 18.3. The van der Waals surface area contributed by atoms with Gasteiger partial charge in [0.2, 0.25) is 10.0 Å². The highest BCUT2D eigenvalue weighted by Gasteiger charge is 2.32. The number of carbonyl (C=O) groups is 1. The second-order valence-corrected chi connectivity index (χ2v) is 12.0. The minimum absolute atomic E-state index is 0.108. The lowest BCUT2D eigenvalue weighted by Gasteiger charge is -2.23. The van der Waals surface area contributed by atoms with Gasteiger partial charge in [-0.15, -0.1) is 11.8 Å². The van der Waals surface area contributed by atoms with Gasteiger partial charge in [-0.3, -0.25) is 0 Å². The van der Waals surface area contributed by atoms with Crippen molar-refractivity contribution in [3.05, 3.63) is 65.0 Å². The smallest absolute Gasteiger partial charge is 0.335 e. The Morgan fingerprint density at radius 2 is 1.61 bits per heavy atom. The number of primary sulfonamides is 1. The largest absolute Gasteiger partial charge is 0.478 e. The van der Waals surface area contributed by atoms with E-state index >= 15 is 8.78 Å². The number of aromatic carboxylic acids is 1. The Bertz CT molecular complexity index is 1250. The fourth-order valence-corrected chi connectivity index (χ4v) is 6.20. The van der Waals surface area contributed by atoms with E-state index in [2.05, 4.69) is 11.4 Å². The van der Waals surface area contributed by atoms with Crippen LogP contribution in [0.25, 0.3) is 0 Å². The standard InChI is InChI=1S/C27H33F3N2O4S2/c28-21-22(29)26(38(31,35)36)24(32-20-10-8-6-4-2-1-3-5-7-9-11-20)23(30)25(21)37-17-16-18-12-14-19(15-13-18)27(33)34/h4,6,12-15,20,32H,1-3,5,7-11,16-17H2,(H,33,34)(H2,31,35,36)/b6-4-/t20-/m1/s1. The zero-order chi connectivity index (χ0) is 27.7. The number of hydrogen-bond donors (Lipinski definition) is 3. The number of carboxylic acid groups (broad SMARTS) is 1.